The molecule has 2 unspecified atom stereocenters. The van der Waals surface area contributed by atoms with Gasteiger partial charge < -0.3 is 14.9 Å². The highest BCUT2D eigenvalue weighted by molar-refractivity contribution is 7.89. The minimum atomic E-state index is -4.09. The lowest BCUT2D eigenvalue weighted by Crippen LogP contribution is -2.43. The Morgan fingerprint density at radius 1 is 1.44 bits per heavy atom. The molecule has 0 spiro atoms. The number of ether oxygens (including phenoxy) is 1. The van der Waals surface area contributed by atoms with Crippen molar-refractivity contribution in [1.82, 2.24) is 4.31 Å². The number of carboxylic acids is 1. The Morgan fingerprint density at radius 2 is 2.06 bits per heavy atom. The van der Waals surface area contributed by atoms with Gasteiger partial charge >= 0.3 is 11.9 Å². The standard InChI is InChI=1S/C9H15NO7S/c1-2-17-8(12)5-18(15,16)10-4-6(11)3-7(10)9(13)14/h6-7,11H,2-5H2,1H3,(H,13,14). The molecule has 0 aromatic rings. The van der Waals surface area contributed by atoms with Crippen LogP contribution in [0, 0.1) is 0 Å². The van der Waals surface area contributed by atoms with Gasteiger partial charge in [0.1, 0.15) is 6.04 Å². The molecule has 1 rings (SSSR count). The first kappa shape index (κ1) is 14.9. The summed E-state index contributed by atoms with van der Waals surface area (Å²) < 4.78 is 28.8. The van der Waals surface area contributed by atoms with Crippen LogP contribution in [0.3, 0.4) is 0 Å². The van der Waals surface area contributed by atoms with Gasteiger partial charge in [0.15, 0.2) is 5.75 Å². The molecule has 1 aliphatic heterocycles. The second kappa shape index (κ2) is 5.63. The lowest BCUT2D eigenvalue weighted by molar-refractivity contribution is -0.142. The van der Waals surface area contributed by atoms with E-state index in [1.165, 1.54) is 6.92 Å². The Labute approximate surface area is 104 Å². The van der Waals surface area contributed by atoms with Crippen LogP contribution in [0.1, 0.15) is 13.3 Å². The molecule has 0 saturated carbocycles. The maximum Gasteiger partial charge on any atom is 0.322 e. The van der Waals surface area contributed by atoms with E-state index in [-0.39, 0.29) is 19.6 Å². The second-order valence-electron chi connectivity index (χ2n) is 3.87. The molecule has 0 aliphatic carbocycles. The number of carboxylic acid groups (broad SMARTS) is 1. The quantitative estimate of drug-likeness (QED) is 0.582. The van der Waals surface area contributed by atoms with E-state index in [1.54, 1.807) is 0 Å². The first-order chi connectivity index (χ1) is 8.27. The summed E-state index contributed by atoms with van der Waals surface area (Å²) in [5, 5.41) is 18.2. The number of rotatable bonds is 5. The SMILES string of the molecule is CCOC(=O)CS(=O)(=O)N1CC(O)CC1C(=O)O. The molecule has 9 heteroatoms. The maximum absolute atomic E-state index is 11.8. The van der Waals surface area contributed by atoms with Crippen LogP contribution in [0.15, 0.2) is 0 Å². The molecule has 1 fully saturated rings. The number of sulfonamides is 1. The third-order valence-electron chi connectivity index (χ3n) is 2.48. The largest absolute Gasteiger partial charge is 0.480 e. The highest BCUT2D eigenvalue weighted by Gasteiger charge is 2.43. The first-order valence-corrected chi connectivity index (χ1v) is 6.95. The summed E-state index contributed by atoms with van der Waals surface area (Å²) in [5.41, 5.74) is 0. The van der Waals surface area contributed by atoms with Gasteiger partial charge in [-0.05, 0) is 6.92 Å². The number of aliphatic hydroxyl groups excluding tert-OH is 1. The number of carbonyl (C=O) groups is 2. The Morgan fingerprint density at radius 3 is 2.56 bits per heavy atom. The first-order valence-electron chi connectivity index (χ1n) is 5.34. The van der Waals surface area contributed by atoms with Gasteiger partial charge in [0.2, 0.25) is 10.0 Å². The normalized spacial score (nSPS) is 25.0. The van der Waals surface area contributed by atoms with Gasteiger partial charge in [-0.2, -0.15) is 4.31 Å². The van der Waals surface area contributed by atoms with Crippen molar-refractivity contribution < 1.29 is 33.0 Å². The molecule has 0 bridgehead atoms. The molecule has 1 aliphatic rings. The number of hydrogen-bond acceptors (Lipinski definition) is 6. The molecule has 0 aromatic heterocycles. The highest BCUT2D eigenvalue weighted by atomic mass is 32.2. The van der Waals surface area contributed by atoms with E-state index in [0.717, 1.165) is 0 Å². The van der Waals surface area contributed by atoms with Gasteiger partial charge in [-0.3, -0.25) is 9.59 Å². The Kier molecular flexibility index (Phi) is 4.65. The second-order valence-corrected chi connectivity index (χ2v) is 5.80. The molecular formula is C9H15NO7S. The molecule has 2 atom stereocenters. The molecule has 18 heavy (non-hydrogen) atoms. The van der Waals surface area contributed by atoms with Crippen molar-refractivity contribution >= 4 is 22.0 Å². The Hall–Kier alpha value is -1.19. The third kappa shape index (κ3) is 3.40. The average Bonchev–Trinajstić information content (AvgIpc) is 2.60. The molecule has 0 amide bonds. The Bertz CT molecular complexity index is 432. The molecule has 0 radical (unpaired) electrons. The third-order valence-corrected chi connectivity index (χ3v) is 4.20. The van der Waals surface area contributed by atoms with Crippen molar-refractivity contribution in [3.05, 3.63) is 0 Å². The minimum absolute atomic E-state index is 0.0410. The fraction of sp³-hybridized carbons (Fsp3) is 0.778. The number of aliphatic hydroxyl groups is 1. The fourth-order valence-electron chi connectivity index (χ4n) is 1.75. The summed E-state index contributed by atoms with van der Waals surface area (Å²) in [7, 11) is -4.09. The average molecular weight is 281 g/mol. The van der Waals surface area contributed by atoms with E-state index < -0.39 is 39.9 Å². The van der Waals surface area contributed by atoms with Crippen molar-refractivity contribution in [3.8, 4) is 0 Å². The summed E-state index contributed by atoms with van der Waals surface area (Å²) >= 11 is 0. The monoisotopic (exact) mass is 281 g/mol. The van der Waals surface area contributed by atoms with Crippen LogP contribution in [0.4, 0.5) is 0 Å². The Balaban J connectivity index is 2.83. The van der Waals surface area contributed by atoms with E-state index in [1.807, 2.05) is 0 Å². The van der Waals surface area contributed by atoms with Crippen LogP contribution in [0.25, 0.3) is 0 Å². The van der Waals surface area contributed by atoms with E-state index in [4.69, 9.17) is 5.11 Å². The van der Waals surface area contributed by atoms with Crippen LogP contribution in [-0.2, 0) is 24.3 Å². The molecule has 0 aromatic carbocycles. The molecular weight excluding hydrogens is 266 g/mol. The van der Waals surface area contributed by atoms with Gasteiger partial charge in [-0.1, -0.05) is 0 Å². The van der Waals surface area contributed by atoms with Gasteiger partial charge in [-0.25, -0.2) is 8.42 Å². The number of carbonyl (C=O) groups excluding carboxylic acids is 1. The van der Waals surface area contributed by atoms with Crippen molar-refractivity contribution in [2.45, 2.75) is 25.5 Å². The molecule has 104 valence electrons. The zero-order valence-electron chi connectivity index (χ0n) is 9.77. The fourth-order valence-corrected chi connectivity index (χ4v) is 3.26. The summed E-state index contributed by atoms with van der Waals surface area (Å²) in [6.45, 7) is 1.25. The lowest BCUT2D eigenvalue weighted by Gasteiger charge is -2.19. The van der Waals surface area contributed by atoms with Crippen molar-refractivity contribution in [3.63, 3.8) is 0 Å². The molecule has 8 nitrogen and oxygen atoms in total. The predicted octanol–water partition coefficient (Wildman–Crippen LogP) is -1.60. The van der Waals surface area contributed by atoms with Crippen LogP contribution < -0.4 is 0 Å². The van der Waals surface area contributed by atoms with Crippen LogP contribution in [-0.4, -0.2) is 65.9 Å². The van der Waals surface area contributed by atoms with Gasteiger partial charge in [0, 0.05) is 13.0 Å². The van der Waals surface area contributed by atoms with Crippen LogP contribution in [0.5, 0.6) is 0 Å². The topological polar surface area (TPSA) is 121 Å². The van der Waals surface area contributed by atoms with Gasteiger partial charge in [-0.15, -0.1) is 0 Å². The summed E-state index contributed by atoms with van der Waals surface area (Å²) in [5.74, 6) is -3.21. The smallest absolute Gasteiger partial charge is 0.322 e. The predicted molar refractivity (Wildman–Crippen MR) is 59.2 cm³/mol. The lowest BCUT2D eigenvalue weighted by atomic mass is 10.2. The number of aliphatic carboxylic acids is 1. The van der Waals surface area contributed by atoms with E-state index in [2.05, 4.69) is 4.74 Å². The molecule has 2 N–H and O–H groups in total. The number of β-amino-alcohol motifs (C(OH)–C–C–N with tert-alkyl or cyclic N) is 1. The summed E-state index contributed by atoms with van der Waals surface area (Å²) in [4.78, 5) is 22.0. The van der Waals surface area contributed by atoms with E-state index >= 15 is 0 Å². The van der Waals surface area contributed by atoms with Crippen LogP contribution >= 0.6 is 0 Å². The number of nitrogens with zero attached hydrogens (tertiary/aromatic N) is 1. The van der Waals surface area contributed by atoms with Gasteiger partial charge in [0.25, 0.3) is 0 Å². The molecule has 1 heterocycles. The highest BCUT2D eigenvalue weighted by Crippen LogP contribution is 2.22. The zero-order valence-corrected chi connectivity index (χ0v) is 10.6. The zero-order chi connectivity index (χ0) is 13.9. The van der Waals surface area contributed by atoms with E-state index in [9.17, 15) is 23.1 Å². The van der Waals surface area contributed by atoms with Crippen molar-refractivity contribution in [1.29, 1.82) is 0 Å². The summed E-state index contributed by atoms with van der Waals surface area (Å²) in [6.07, 6.45) is -1.22. The number of esters is 1. The maximum atomic E-state index is 11.8. The van der Waals surface area contributed by atoms with Crippen LogP contribution in [0.2, 0.25) is 0 Å². The van der Waals surface area contributed by atoms with Crippen molar-refractivity contribution in [2.24, 2.45) is 0 Å². The summed E-state index contributed by atoms with van der Waals surface area (Å²) in [6, 6.07) is -1.33. The van der Waals surface area contributed by atoms with Crippen molar-refractivity contribution in [2.75, 3.05) is 18.9 Å². The molecule has 1 saturated heterocycles. The number of hydrogen-bond donors (Lipinski definition) is 2. The van der Waals surface area contributed by atoms with Gasteiger partial charge in [0.05, 0.1) is 12.7 Å². The van der Waals surface area contributed by atoms with E-state index in [0.29, 0.717) is 4.31 Å². The minimum Gasteiger partial charge on any atom is -0.480 e.